The number of nitrogens with two attached hydrogens (primary N) is 4. The summed E-state index contributed by atoms with van der Waals surface area (Å²) in [5.74, 6) is -5.24. The van der Waals surface area contributed by atoms with E-state index in [1.807, 2.05) is 54.6 Å². The Hall–Kier alpha value is -6.52. The van der Waals surface area contributed by atoms with E-state index in [1.165, 1.54) is 0 Å². The molecule has 53 heavy (non-hydrogen) atoms. The van der Waals surface area contributed by atoms with Crippen LogP contribution in [-0.4, -0.2) is 70.4 Å². The predicted octanol–water partition coefficient (Wildman–Crippen LogP) is 2.23. The summed E-state index contributed by atoms with van der Waals surface area (Å²) < 4.78 is 31.7. The molecule has 0 unspecified atom stereocenters. The maximum absolute atomic E-state index is 14.0. The molecule has 3 aromatic carbocycles. The number of pyridine rings is 1. The van der Waals surface area contributed by atoms with Crippen LogP contribution in [0.15, 0.2) is 96.2 Å². The summed E-state index contributed by atoms with van der Waals surface area (Å²) in [6.45, 7) is 0.263. The number of hydrogen-bond donors (Lipinski definition) is 8. The minimum absolute atomic E-state index is 0.0545. The highest BCUT2D eigenvalue weighted by molar-refractivity contribution is 5.95. The first-order valence-electron chi connectivity index (χ1n) is 16.1. The number of hydrogen-bond acceptors (Lipinski definition) is 7. The quantitative estimate of drug-likeness (QED) is 0.0505. The molecular formula is C36H40F3N9O5. The van der Waals surface area contributed by atoms with Gasteiger partial charge in [-0.1, -0.05) is 72.8 Å². The van der Waals surface area contributed by atoms with Crippen molar-refractivity contribution in [1.82, 2.24) is 15.6 Å². The van der Waals surface area contributed by atoms with Gasteiger partial charge in [-0.3, -0.25) is 29.8 Å². The summed E-state index contributed by atoms with van der Waals surface area (Å²) >= 11 is 0. The summed E-state index contributed by atoms with van der Waals surface area (Å²) in [5, 5.41) is 22.5. The third-order valence-electron chi connectivity index (χ3n) is 7.84. The second-order valence-electron chi connectivity index (χ2n) is 11.8. The van der Waals surface area contributed by atoms with Gasteiger partial charge in [0.15, 0.2) is 5.96 Å². The number of nitrogens with zero attached hydrogens (tertiary/aromatic N) is 2. The van der Waals surface area contributed by atoms with Crippen LogP contribution in [-0.2, 0) is 32.0 Å². The Bertz CT molecular complexity index is 1920. The number of aliphatic carboxylic acids is 1. The molecular weight excluding hydrogens is 695 g/mol. The van der Waals surface area contributed by atoms with Gasteiger partial charge in [-0.2, -0.15) is 13.2 Å². The lowest BCUT2D eigenvalue weighted by Gasteiger charge is -2.25. The molecule has 0 saturated heterocycles. The van der Waals surface area contributed by atoms with Gasteiger partial charge in [0.1, 0.15) is 17.9 Å². The molecule has 0 bridgehead atoms. The number of aliphatic imine (C=N–C) groups is 1. The van der Waals surface area contributed by atoms with Gasteiger partial charge in [-0.15, -0.1) is 0 Å². The van der Waals surface area contributed by atoms with Gasteiger partial charge in [-0.25, -0.2) is 4.79 Å². The molecule has 1 aromatic heterocycles. The second-order valence-corrected chi connectivity index (χ2v) is 11.8. The lowest BCUT2D eigenvalue weighted by Crippen LogP contribution is -2.54. The van der Waals surface area contributed by atoms with Crippen LogP contribution in [0.1, 0.15) is 41.0 Å². The normalized spacial score (nSPS) is 12.6. The molecule has 0 aliphatic rings. The minimum Gasteiger partial charge on any atom is -0.475 e. The molecule has 280 valence electrons. The van der Waals surface area contributed by atoms with Crippen LogP contribution >= 0.6 is 0 Å². The Kier molecular flexibility index (Phi) is 14.8. The van der Waals surface area contributed by atoms with Gasteiger partial charge >= 0.3 is 12.1 Å². The average Bonchev–Trinajstić information content (AvgIpc) is 3.11. The summed E-state index contributed by atoms with van der Waals surface area (Å²) in [6, 6.07) is 22.3. The highest BCUT2D eigenvalue weighted by Crippen LogP contribution is 2.23. The Labute approximate surface area is 302 Å². The number of guanidine groups is 1. The fourth-order valence-corrected chi connectivity index (χ4v) is 5.14. The number of benzene rings is 3. The van der Waals surface area contributed by atoms with E-state index in [9.17, 15) is 27.6 Å². The fourth-order valence-electron chi connectivity index (χ4n) is 5.14. The van der Waals surface area contributed by atoms with E-state index in [4.69, 9.17) is 38.2 Å². The van der Waals surface area contributed by atoms with Crippen molar-refractivity contribution in [3.63, 3.8) is 0 Å². The van der Waals surface area contributed by atoms with Gasteiger partial charge < -0.3 is 38.7 Å². The largest absolute Gasteiger partial charge is 0.490 e. The number of nitrogens with one attached hydrogen (secondary N) is 3. The van der Waals surface area contributed by atoms with Crippen LogP contribution < -0.4 is 33.6 Å². The van der Waals surface area contributed by atoms with Gasteiger partial charge in [0.25, 0.3) is 0 Å². The molecule has 17 heteroatoms. The minimum atomic E-state index is -5.08. The Morgan fingerprint density at radius 1 is 0.811 bits per heavy atom. The molecule has 4 rings (SSSR count). The van der Waals surface area contributed by atoms with E-state index in [0.29, 0.717) is 24.0 Å². The number of rotatable bonds is 15. The van der Waals surface area contributed by atoms with E-state index in [-0.39, 0.29) is 31.2 Å². The predicted molar refractivity (Wildman–Crippen MR) is 192 cm³/mol. The number of primary amides is 1. The van der Waals surface area contributed by atoms with Crippen molar-refractivity contribution >= 4 is 46.3 Å². The molecule has 0 aliphatic carbocycles. The lowest BCUT2D eigenvalue weighted by atomic mass is 9.91. The van der Waals surface area contributed by atoms with Crippen molar-refractivity contribution in [3.8, 4) is 0 Å². The molecule has 4 aromatic rings. The van der Waals surface area contributed by atoms with Gasteiger partial charge in [0, 0.05) is 30.9 Å². The number of alkyl halides is 3. The van der Waals surface area contributed by atoms with Crippen molar-refractivity contribution in [2.24, 2.45) is 27.9 Å². The summed E-state index contributed by atoms with van der Waals surface area (Å²) in [6.07, 6.45) is -0.773. The number of carboxylic acid groups (broad SMARTS) is 1. The number of halogens is 3. The molecule has 3 atom stereocenters. The Balaban J connectivity index is 0.000000980. The molecule has 0 aliphatic heterocycles. The summed E-state index contributed by atoms with van der Waals surface area (Å²) in [7, 11) is 0. The average molecular weight is 736 g/mol. The first-order valence-corrected chi connectivity index (χ1v) is 16.1. The second kappa shape index (κ2) is 19.2. The van der Waals surface area contributed by atoms with Crippen molar-refractivity contribution in [2.45, 2.75) is 49.9 Å². The SMILES string of the molecule is N=C(N)c1ccc(C[C@@H](C(=O)N[C@@H](Cc2ccc3ccccc3c2)C(=O)N[C@@H](CCCN=C(N)N)C(N)=O)c2cccnc2)cc1.O=C(O)C(F)(F)F. The number of nitrogen functional groups attached to an aromatic ring is 1. The molecule has 0 radical (unpaired) electrons. The third kappa shape index (κ3) is 13.3. The van der Waals surface area contributed by atoms with Crippen LogP contribution in [0.5, 0.6) is 0 Å². The van der Waals surface area contributed by atoms with Crippen molar-refractivity contribution in [3.05, 3.63) is 114 Å². The van der Waals surface area contributed by atoms with Crippen LogP contribution in [0, 0.1) is 5.41 Å². The zero-order chi connectivity index (χ0) is 39.1. The zero-order valence-electron chi connectivity index (χ0n) is 28.3. The van der Waals surface area contributed by atoms with Crippen molar-refractivity contribution < 1.29 is 37.5 Å². The molecule has 12 N–H and O–H groups in total. The number of amides is 3. The Morgan fingerprint density at radius 3 is 2.00 bits per heavy atom. The maximum Gasteiger partial charge on any atom is 0.490 e. The highest BCUT2D eigenvalue weighted by Gasteiger charge is 2.38. The monoisotopic (exact) mass is 735 g/mol. The third-order valence-corrected chi connectivity index (χ3v) is 7.84. The zero-order valence-corrected chi connectivity index (χ0v) is 28.3. The first kappa shape index (κ1) is 40.9. The van der Waals surface area contributed by atoms with Crippen LogP contribution in [0.2, 0.25) is 0 Å². The standard InChI is InChI=1S/C34H39N9O3.C2HF3O2/c35-30(36)24-13-9-21(10-14-24)18-27(26-7-3-15-40-20-26)32(45)43-29(19-22-11-12-23-5-1-2-6-25(23)17-22)33(46)42-28(31(37)44)8-4-16-41-34(38)39;3-2(4,5)1(6)7/h1-3,5-7,9-15,17,20,27-29H,4,8,16,18-19H2,(H3,35,36)(H2,37,44)(H,42,46)(H,43,45)(H4,38,39,41);(H,6,7)/t27-,28+,29+;/m1./s1. The molecule has 3 amide bonds. The number of aromatic nitrogens is 1. The maximum atomic E-state index is 14.0. The van der Waals surface area contributed by atoms with Gasteiger partial charge in [0.2, 0.25) is 17.7 Å². The highest BCUT2D eigenvalue weighted by atomic mass is 19.4. The van der Waals surface area contributed by atoms with Crippen molar-refractivity contribution in [2.75, 3.05) is 6.54 Å². The summed E-state index contributed by atoms with van der Waals surface area (Å²) in [4.78, 5) is 57.1. The molecule has 1 heterocycles. The van der Waals surface area contributed by atoms with E-state index in [1.54, 1.807) is 36.7 Å². The first-order chi connectivity index (χ1) is 25.0. The fraction of sp³-hybridized carbons (Fsp3) is 0.250. The number of amidine groups is 1. The van der Waals surface area contributed by atoms with Crippen molar-refractivity contribution in [1.29, 1.82) is 5.41 Å². The van der Waals surface area contributed by atoms with E-state index >= 15 is 0 Å². The molecule has 0 saturated carbocycles. The Morgan fingerprint density at radius 2 is 1.43 bits per heavy atom. The number of fused-ring (bicyclic) bond motifs is 1. The molecule has 0 fully saturated rings. The summed E-state index contributed by atoms with van der Waals surface area (Å²) in [5.41, 5.74) is 24.9. The lowest BCUT2D eigenvalue weighted by molar-refractivity contribution is -0.192. The number of carboxylic acids is 1. The topological polar surface area (TPSA) is 266 Å². The van der Waals surface area contributed by atoms with E-state index in [0.717, 1.165) is 21.9 Å². The van der Waals surface area contributed by atoms with Crippen LogP contribution in [0.25, 0.3) is 10.8 Å². The van der Waals surface area contributed by atoms with Gasteiger partial charge in [0.05, 0.1) is 5.92 Å². The molecule has 14 nitrogen and oxygen atoms in total. The van der Waals surface area contributed by atoms with E-state index in [2.05, 4.69) is 20.6 Å². The smallest absolute Gasteiger partial charge is 0.475 e. The van der Waals surface area contributed by atoms with E-state index < -0.39 is 47.9 Å². The number of carbonyl (C=O) groups is 4. The molecule has 0 spiro atoms. The van der Waals surface area contributed by atoms with Crippen LogP contribution in [0.4, 0.5) is 13.2 Å². The number of carbonyl (C=O) groups excluding carboxylic acids is 3. The van der Waals surface area contributed by atoms with Gasteiger partial charge in [-0.05, 0) is 52.8 Å². The van der Waals surface area contributed by atoms with Crippen LogP contribution in [0.3, 0.4) is 0 Å².